The van der Waals surface area contributed by atoms with Crippen LogP contribution in [-0.4, -0.2) is 26.7 Å². The Labute approximate surface area is 177 Å². The van der Waals surface area contributed by atoms with E-state index in [-0.39, 0.29) is 6.04 Å². The van der Waals surface area contributed by atoms with E-state index in [1.165, 1.54) is 11.1 Å². The first-order valence-corrected chi connectivity index (χ1v) is 10.1. The van der Waals surface area contributed by atoms with Crippen LogP contribution < -0.4 is 10.1 Å². The largest absolute Gasteiger partial charge is 0.496 e. The molecule has 1 atom stereocenters. The van der Waals surface area contributed by atoms with Crippen LogP contribution in [0.1, 0.15) is 35.3 Å². The van der Waals surface area contributed by atoms with Crippen LogP contribution in [0.15, 0.2) is 73.2 Å². The molecule has 6 nitrogen and oxygen atoms in total. The van der Waals surface area contributed by atoms with E-state index in [0.717, 1.165) is 29.2 Å². The van der Waals surface area contributed by atoms with Gasteiger partial charge in [0.05, 0.1) is 25.5 Å². The molecule has 0 saturated heterocycles. The summed E-state index contributed by atoms with van der Waals surface area (Å²) in [5.74, 6) is 0.877. The minimum atomic E-state index is 0.180. The first-order chi connectivity index (χ1) is 14.7. The molecule has 2 aromatic carbocycles. The maximum atomic E-state index is 5.53. The van der Waals surface area contributed by atoms with Crippen LogP contribution in [0.4, 0.5) is 0 Å². The molecule has 1 N–H and O–H groups in total. The van der Waals surface area contributed by atoms with Gasteiger partial charge in [-0.3, -0.25) is 4.68 Å². The van der Waals surface area contributed by atoms with E-state index in [0.29, 0.717) is 6.54 Å². The molecule has 0 spiro atoms. The molecule has 154 valence electrons. The van der Waals surface area contributed by atoms with Crippen molar-refractivity contribution in [2.45, 2.75) is 33.0 Å². The second kappa shape index (κ2) is 8.97. The van der Waals surface area contributed by atoms with Gasteiger partial charge in [0.2, 0.25) is 0 Å². The Kier molecular flexibility index (Phi) is 5.95. The van der Waals surface area contributed by atoms with Gasteiger partial charge in [-0.15, -0.1) is 0 Å². The molecular weight excluding hydrogens is 374 g/mol. The fourth-order valence-corrected chi connectivity index (χ4v) is 3.69. The number of para-hydroxylation sites is 1. The minimum Gasteiger partial charge on any atom is -0.496 e. The summed E-state index contributed by atoms with van der Waals surface area (Å²) < 4.78 is 9.42. The minimum absolute atomic E-state index is 0.180. The summed E-state index contributed by atoms with van der Waals surface area (Å²) in [4.78, 5) is 0. The van der Waals surface area contributed by atoms with Gasteiger partial charge in [-0.05, 0) is 49.7 Å². The van der Waals surface area contributed by atoms with E-state index in [4.69, 9.17) is 4.74 Å². The maximum absolute atomic E-state index is 5.53. The molecule has 2 aromatic heterocycles. The summed E-state index contributed by atoms with van der Waals surface area (Å²) in [6.45, 7) is 5.73. The van der Waals surface area contributed by atoms with Crippen molar-refractivity contribution in [2.75, 3.05) is 7.11 Å². The first kappa shape index (κ1) is 19.9. The van der Waals surface area contributed by atoms with Gasteiger partial charge >= 0.3 is 0 Å². The number of ether oxygens (including phenoxy) is 1. The quantitative estimate of drug-likeness (QED) is 0.479. The molecule has 0 radical (unpaired) electrons. The second-order valence-electron chi connectivity index (χ2n) is 7.39. The Morgan fingerprint density at radius 3 is 2.63 bits per heavy atom. The topological polar surface area (TPSA) is 56.9 Å². The SMILES string of the molecule is COc1ccc(CNC(C)c2cnn(-c3ccccc3)c2C)cc1Cn1cccn1. The fraction of sp³-hybridized carbons (Fsp3) is 0.250. The molecule has 1 unspecified atom stereocenters. The lowest BCUT2D eigenvalue weighted by atomic mass is 10.1. The molecule has 0 bridgehead atoms. The van der Waals surface area contributed by atoms with Crippen LogP contribution in [0.5, 0.6) is 5.75 Å². The van der Waals surface area contributed by atoms with Gasteiger partial charge in [-0.1, -0.05) is 24.3 Å². The average Bonchev–Trinajstić information content (AvgIpc) is 3.42. The molecule has 0 saturated carbocycles. The average molecular weight is 402 g/mol. The third-order valence-corrected chi connectivity index (χ3v) is 5.36. The number of rotatable bonds is 8. The lowest BCUT2D eigenvalue weighted by Crippen LogP contribution is -2.19. The Balaban J connectivity index is 1.46. The Bertz CT molecular complexity index is 1090. The number of nitrogens with one attached hydrogen (secondary N) is 1. The highest BCUT2D eigenvalue weighted by atomic mass is 16.5. The van der Waals surface area contributed by atoms with Crippen molar-refractivity contribution in [1.29, 1.82) is 0 Å². The number of methoxy groups -OCH3 is 1. The van der Waals surface area contributed by atoms with E-state index in [9.17, 15) is 0 Å². The van der Waals surface area contributed by atoms with Gasteiger partial charge < -0.3 is 10.1 Å². The van der Waals surface area contributed by atoms with Crippen molar-refractivity contribution in [3.63, 3.8) is 0 Å². The Morgan fingerprint density at radius 2 is 1.90 bits per heavy atom. The number of nitrogens with zero attached hydrogens (tertiary/aromatic N) is 4. The van der Waals surface area contributed by atoms with Crippen molar-refractivity contribution in [3.05, 3.63) is 95.6 Å². The second-order valence-corrected chi connectivity index (χ2v) is 7.39. The summed E-state index contributed by atoms with van der Waals surface area (Å²) in [5, 5.41) is 12.5. The molecular formula is C24H27N5O. The molecule has 4 aromatic rings. The van der Waals surface area contributed by atoms with E-state index >= 15 is 0 Å². The highest BCUT2D eigenvalue weighted by molar-refractivity contribution is 5.38. The van der Waals surface area contributed by atoms with E-state index in [1.807, 2.05) is 52.1 Å². The highest BCUT2D eigenvalue weighted by Gasteiger charge is 2.14. The van der Waals surface area contributed by atoms with Crippen LogP contribution in [0, 0.1) is 6.92 Å². The van der Waals surface area contributed by atoms with Crippen molar-refractivity contribution in [3.8, 4) is 11.4 Å². The zero-order valence-electron chi connectivity index (χ0n) is 17.6. The van der Waals surface area contributed by atoms with Crippen LogP contribution in [0.3, 0.4) is 0 Å². The summed E-state index contributed by atoms with van der Waals surface area (Å²) >= 11 is 0. The smallest absolute Gasteiger partial charge is 0.123 e. The van der Waals surface area contributed by atoms with E-state index in [2.05, 4.69) is 53.6 Å². The summed E-state index contributed by atoms with van der Waals surface area (Å²) in [6.07, 6.45) is 5.70. The van der Waals surface area contributed by atoms with Crippen LogP contribution >= 0.6 is 0 Å². The van der Waals surface area contributed by atoms with Gasteiger partial charge in [-0.25, -0.2) is 4.68 Å². The Hall–Kier alpha value is -3.38. The number of aromatic nitrogens is 4. The number of hydrogen-bond donors (Lipinski definition) is 1. The normalized spacial score (nSPS) is 12.1. The molecule has 4 rings (SSSR count). The third kappa shape index (κ3) is 4.28. The molecule has 0 fully saturated rings. The summed E-state index contributed by atoms with van der Waals surface area (Å²) in [6, 6.07) is 18.6. The third-order valence-electron chi connectivity index (χ3n) is 5.36. The van der Waals surface area contributed by atoms with Crippen LogP contribution in [0.25, 0.3) is 5.69 Å². The van der Waals surface area contributed by atoms with Crippen LogP contribution in [-0.2, 0) is 13.1 Å². The number of hydrogen-bond acceptors (Lipinski definition) is 4. The molecule has 30 heavy (non-hydrogen) atoms. The van der Waals surface area contributed by atoms with Crippen molar-refractivity contribution in [2.24, 2.45) is 0 Å². The van der Waals surface area contributed by atoms with Gasteiger partial charge in [0, 0.05) is 41.8 Å². The predicted octanol–water partition coefficient (Wildman–Crippen LogP) is 4.28. The summed E-state index contributed by atoms with van der Waals surface area (Å²) in [7, 11) is 1.70. The van der Waals surface area contributed by atoms with E-state index in [1.54, 1.807) is 13.3 Å². The van der Waals surface area contributed by atoms with Crippen molar-refractivity contribution >= 4 is 0 Å². The van der Waals surface area contributed by atoms with Gasteiger partial charge in [-0.2, -0.15) is 10.2 Å². The molecule has 0 aliphatic heterocycles. The monoisotopic (exact) mass is 401 g/mol. The highest BCUT2D eigenvalue weighted by Crippen LogP contribution is 2.23. The van der Waals surface area contributed by atoms with Crippen LogP contribution in [0.2, 0.25) is 0 Å². The lowest BCUT2D eigenvalue weighted by molar-refractivity contribution is 0.407. The Morgan fingerprint density at radius 1 is 1.07 bits per heavy atom. The predicted molar refractivity (Wildman–Crippen MR) is 118 cm³/mol. The van der Waals surface area contributed by atoms with E-state index < -0.39 is 0 Å². The molecule has 2 heterocycles. The fourth-order valence-electron chi connectivity index (χ4n) is 3.69. The van der Waals surface area contributed by atoms with Crippen molar-refractivity contribution in [1.82, 2.24) is 24.9 Å². The standard InChI is InChI=1S/C24H27N5O/c1-18(23-16-27-29(19(23)2)22-8-5-4-6-9-22)25-15-20-10-11-24(30-3)21(14-20)17-28-13-7-12-26-28/h4-14,16,18,25H,15,17H2,1-3H3. The molecule has 0 aliphatic carbocycles. The summed E-state index contributed by atoms with van der Waals surface area (Å²) in [5.41, 5.74) is 5.74. The molecule has 0 amide bonds. The van der Waals surface area contributed by atoms with Gasteiger partial charge in [0.15, 0.2) is 0 Å². The zero-order chi connectivity index (χ0) is 20.9. The van der Waals surface area contributed by atoms with Gasteiger partial charge in [0.1, 0.15) is 5.75 Å². The maximum Gasteiger partial charge on any atom is 0.123 e. The zero-order valence-corrected chi connectivity index (χ0v) is 17.6. The number of benzene rings is 2. The first-order valence-electron chi connectivity index (χ1n) is 10.1. The lowest BCUT2D eigenvalue weighted by Gasteiger charge is -2.16. The van der Waals surface area contributed by atoms with Crippen molar-refractivity contribution < 1.29 is 4.74 Å². The van der Waals surface area contributed by atoms with Gasteiger partial charge in [0.25, 0.3) is 0 Å². The molecule has 0 aliphatic rings. The molecule has 6 heteroatoms.